The van der Waals surface area contributed by atoms with E-state index in [1.54, 1.807) is 0 Å². The Bertz CT molecular complexity index is 235. The number of rotatable bonds is 0. The second-order valence-electron chi connectivity index (χ2n) is 2.31. The minimum absolute atomic E-state index is 0.424. The number of nitrogens with two attached hydrogens (primary N) is 1. The molecular formula is C7H11N3. The van der Waals surface area contributed by atoms with Gasteiger partial charge in [0.2, 0.25) is 0 Å². The van der Waals surface area contributed by atoms with Crippen LogP contribution < -0.4 is 11.1 Å². The Labute approximate surface area is 60.3 Å². The van der Waals surface area contributed by atoms with Crippen molar-refractivity contribution in [2.24, 2.45) is 10.7 Å². The summed E-state index contributed by atoms with van der Waals surface area (Å²) in [6.45, 7) is 7.64. The first-order valence-corrected chi connectivity index (χ1v) is 3.09. The van der Waals surface area contributed by atoms with Crippen LogP contribution in [0.5, 0.6) is 0 Å². The van der Waals surface area contributed by atoms with E-state index in [0.717, 1.165) is 17.0 Å². The van der Waals surface area contributed by atoms with E-state index in [0.29, 0.717) is 5.96 Å². The maximum Gasteiger partial charge on any atom is 0.198 e. The molecule has 3 nitrogen and oxygen atoms in total. The summed E-state index contributed by atoms with van der Waals surface area (Å²) in [5.41, 5.74) is 8.26. The molecule has 1 aliphatic heterocycles. The van der Waals surface area contributed by atoms with Gasteiger partial charge in [-0.1, -0.05) is 6.58 Å². The number of nitrogens with zero attached hydrogens (tertiary/aromatic N) is 1. The molecule has 0 aromatic rings. The van der Waals surface area contributed by atoms with E-state index < -0.39 is 0 Å². The van der Waals surface area contributed by atoms with Gasteiger partial charge < -0.3 is 11.1 Å². The van der Waals surface area contributed by atoms with Gasteiger partial charge in [0, 0.05) is 11.4 Å². The molecule has 1 aliphatic rings. The van der Waals surface area contributed by atoms with Crippen molar-refractivity contribution in [3.63, 3.8) is 0 Å². The topological polar surface area (TPSA) is 50.4 Å². The number of hydrogen-bond donors (Lipinski definition) is 2. The summed E-state index contributed by atoms with van der Waals surface area (Å²) in [6.07, 6.45) is 0. The lowest BCUT2D eigenvalue weighted by Crippen LogP contribution is -2.33. The summed E-state index contributed by atoms with van der Waals surface area (Å²) < 4.78 is 0. The molecule has 0 saturated heterocycles. The lowest BCUT2D eigenvalue weighted by Gasteiger charge is -2.15. The largest absolute Gasteiger partial charge is 0.369 e. The molecule has 0 aliphatic carbocycles. The summed E-state index contributed by atoms with van der Waals surface area (Å²) in [5, 5.41) is 2.83. The molecule has 0 fully saturated rings. The Kier molecular flexibility index (Phi) is 1.49. The average Bonchev–Trinajstić information content (AvgIpc) is 1.82. The highest BCUT2D eigenvalue weighted by Crippen LogP contribution is 2.14. The molecule has 0 saturated carbocycles. The molecule has 0 radical (unpaired) electrons. The number of aliphatic imine (C=N–C) groups is 1. The maximum atomic E-state index is 5.42. The van der Waals surface area contributed by atoms with Crippen LogP contribution in [-0.4, -0.2) is 5.96 Å². The molecule has 1 rings (SSSR count). The molecular weight excluding hydrogens is 126 g/mol. The van der Waals surface area contributed by atoms with Gasteiger partial charge in [-0.05, 0) is 19.4 Å². The molecule has 0 amide bonds. The van der Waals surface area contributed by atoms with E-state index in [9.17, 15) is 0 Å². The lowest BCUT2D eigenvalue weighted by atomic mass is 10.2. The lowest BCUT2D eigenvalue weighted by molar-refractivity contribution is 1.02. The van der Waals surface area contributed by atoms with Crippen LogP contribution in [0.15, 0.2) is 28.5 Å². The van der Waals surface area contributed by atoms with E-state index in [4.69, 9.17) is 5.73 Å². The van der Waals surface area contributed by atoms with E-state index in [1.807, 2.05) is 13.8 Å². The first-order valence-electron chi connectivity index (χ1n) is 3.09. The van der Waals surface area contributed by atoms with Gasteiger partial charge in [-0.15, -0.1) is 0 Å². The highest BCUT2D eigenvalue weighted by molar-refractivity contribution is 5.83. The quantitative estimate of drug-likeness (QED) is 0.516. The fraction of sp³-hybridized carbons (Fsp3) is 0.286. The van der Waals surface area contributed by atoms with E-state index in [-0.39, 0.29) is 0 Å². The first kappa shape index (κ1) is 6.86. The van der Waals surface area contributed by atoms with Crippen molar-refractivity contribution in [3.05, 3.63) is 23.5 Å². The van der Waals surface area contributed by atoms with Gasteiger partial charge in [0.25, 0.3) is 0 Å². The van der Waals surface area contributed by atoms with Crippen molar-refractivity contribution >= 4 is 5.96 Å². The third kappa shape index (κ3) is 1.03. The molecule has 3 heteroatoms. The zero-order chi connectivity index (χ0) is 7.72. The van der Waals surface area contributed by atoms with Crippen LogP contribution >= 0.6 is 0 Å². The Hall–Kier alpha value is -1.25. The molecule has 54 valence electrons. The molecule has 0 unspecified atom stereocenters. The number of allylic oxidation sites excluding steroid dienone is 2. The predicted octanol–water partition coefficient (Wildman–Crippen LogP) is 0.712. The molecule has 1 heterocycles. The Morgan fingerprint density at radius 1 is 1.50 bits per heavy atom. The van der Waals surface area contributed by atoms with Crippen LogP contribution in [0.25, 0.3) is 0 Å². The highest BCUT2D eigenvalue weighted by Gasteiger charge is 2.07. The zero-order valence-corrected chi connectivity index (χ0v) is 6.23. The van der Waals surface area contributed by atoms with Crippen molar-refractivity contribution < 1.29 is 0 Å². The zero-order valence-electron chi connectivity index (χ0n) is 6.23. The van der Waals surface area contributed by atoms with Gasteiger partial charge in [-0.3, -0.25) is 0 Å². The summed E-state index contributed by atoms with van der Waals surface area (Å²) in [4.78, 5) is 4.02. The molecule has 0 aromatic heterocycles. The van der Waals surface area contributed by atoms with E-state index >= 15 is 0 Å². The summed E-state index contributed by atoms with van der Waals surface area (Å²) >= 11 is 0. The first-order chi connectivity index (χ1) is 4.61. The molecule has 0 aromatic carbocycles. The highest BCUT2D eigenvalue weighted by atomic mass is 15.1. The van der Waals surface area contributed by atoms with Crippen molar-refractivity contribution in [2.75, 3.05) is 0 Å². The second kappa shape index (κ2) is 2.17. The van der Waals surface area contributed by atoms with Crippen molar-refractivity contribution in [1.82, 2.24) is 5.32 Å². The summed E-state index contributed by atoms with van der Waals surface area (Å²) in [7, 11) is 0. The number of guanidine groups is 1. The van der Waals surface area contributed by atoms with Crippen LogP contribution in [0, 0.1) is 0 Å². The minimum atomic E-state index is 0.424. The molecule has 0 bridgehead atoms. The van der Waals surface area contributed by atoms with Crippen LogP contribution in [0.4, 0.5) is 0 Å². The predicted molar refractivity (Wildman–Crippen MR) is 42.3 cm³/mol. The van der Waals surface area contributed by atoms with Gasteiger partial charge in [0.15, 0.2) is 5.96 Å². The SMILES string of the molecule is C=C1NC(N)=NC(C)=C1C. The van der Waals surface area contributed by atoms with E-state index in [2.05, 4.69) is 16.9 Å². The van der Waals surface area contributed by atoms with Crippen LogP contribution in [0.2, 0.25) is 0 Å². The van der Waals surface area contributed by atoms with Crippen molar-refractivity contribution in [3.8, 4) is 0 Å². The average molecular weight is 137 g/mol. The molecule has 10 heavy (non-hydrogen) atoms. The fourth-order valence-corrected chi connectivity index (χ4v) is 0.759. The van der Waals surface area contributed by atoms with Crippen LogP contribution in [-0.2, 0) is 0 Å². The Morgan fingerprint density at radius 2 is 2.10 bits per heavy atom. The van der Waals surface area contributed by atoms with E-state index in [1.165, 1.54) is 0 Å². The minimum Gasteiger partial charge on any atom is -0.369 e. The second-order valence-corrected chi connectivity index (χ2v) is 2.31. The normalized spacial score (nSPS) is 18.6. The molecule has 0 atom stereocenters. The van der Waals surface area contributed by atoms with Gasteiger partial charge in [0.05, 0.1) is 0 Å². The number of hydrogen-bond acceptors (Lipinski definition) is 3. The van der Waals surface area contributed by atoms with Crippen LogP contribution in [0.3, 0.4) is 0 Å². The van der Waals surface area contributed by atoms with Crippen LogP contribution in [0.1, 0.15) is 13.8 Å². The molecule has 3 N–H and O–H groups in total. The monoisotopic (exact) mass is 137 g/mol. The van der Waals surface area contributed by atoms with Gasteiger partial charge in [-0.25, -0.2) is 4.99 Å². The van der Waals surface area contributed by atoms with Gasteiger partial charge in [-0.2, -0.15) is 0 Å². The summed E-state index contributed by atoms with van der Waals surface area (Å²) in [5.74, 6) is 0.424. The third-order valence-corrected chi connectivity index (χ3v) is 1.56. The Morgan fingerprint density at radius 3 is 2.60 bits per heavy atom. The standard InChI is InChI=1S/C7H11N3/c1-4-5(2)9-7(8)10-6(4)3/h2H2,1,3H3,(H3,8,9,10). The summed E-state index contributed by atoms with van der Waals surface area (Å²) in [6, 6.07) is 0. The number of nitrogens with one attached hydrogen (secondary N) is 1. The van der Waals surface area contributed by atoms with Gasteiger partial charge >= 0.3 is 0 Å². The molecule has 0 spiro atoms. The fourth-order valence-electron chi connectivity index (χ4n) is 0.759. The third-order valence-electron chi connectivity index (χ3n) is 1.56. The smallest absolute Gasteiger partial charge is 0.198 e. The Balaban J connectivity index is 3.03. The van der Waals surface area contributed by atoms with Gasteiger partial charge in [0.1, 0.15) is 0 Å². The maximum absolute atomic E-state index is 5.42. The van der Waals surface area contributed by atoms with Crippen molar-refractivity contribution in [1.29, 1.82) is 0 Å². The van der Waals surface area contributed by atoms with Crippen molar-refractivity contribution in [2.45, 2.75) is 13.8 Å².